The summed E-state index contributed by atoms with van der Waals surface area (Å²) in [4.78, 5) is 12.1. The van der Waals surface area contributed by atoms with Crippen LogP contribution in [0.2, 0.25) is 0 Å². The smallest absolute Gasteiger partial charge is 0.285 e. The summed E-state index contributed by atoms with van der Waals surface area (Å²) in [5.41, 5.74) is 6.02. The number of benzene rings is 1. The molecule has 0 amide bonds. The number of rotatable bonds is 5. The predicted molar refractivity (Wildman–Crippen MR) is 82.1 cm³/mol. The summed E-state index contributed by atoms with van der Waals surface area (Å²) in [6.45, 7) is 1.11. The van der Waals surface area contributed by atoms with Gasteiger partial charge in [-0.2, -0.15) is 9.78 Å². The Kier molecular flexibility index (Phi) is 4.97. The lowest BCUT2D eigenvalue weighted by molar-refractivity contribution is 0.313. The maximum Gasteiger partial charge on any atom is 0.285 e. The Hall–Kier alpha value is -1.60. The largest absolute Gasteiger partial charge is 0.493 e. The molecule has 0 saturated carbocycles. The van der Waals surface area contributed by atoms with E-state index in [-0.39, 0.29) is 5.56 Å². The highest BCUT2D eigenvalue weighted by atomic mass is 79.9. The topological polar surface area (TPSA) is 70.1 Å². The zero-order valence-corrected chi connectivity index (χ0v) is 12.3. The van der Waals surface area contributed by atoms with Gasteiger partial charge in [-0.1, -0.05) is 11.5 Å². The van der Waals surface area contributed by atoms with Gasteiger partial charge < -0.3 is 10.5 Å². The Morgan fingerprint density at radius 1 is 1.45 bits per heavy atom. The van der Waals surface area contributed by atoms with Crippen LogP contribution in [0, 0.1) is 0 Å². The van der Waals surface area contributed by atoms with E-state index in [1.165, 1.54) is 10.9 Å². The molecule has 1 aromatic heterocycles. The predicted octanol–water partition coefficient (Wildman–Crippen LogP) is 0.516. The molecule has 1 aromatic carbocycles. The van der Waals surface area contributed by atoms with E-state index < -0.39 is 0 Å². The summed E-state index contributed by atoms with van der Waals surface area (Å²) in [6, 6.07) is 7.13. The molecule has 0 unspecified atom stereocenters. The molecule has 2 aromatic rings. The van der Waals surface area contributed by atoms with Gasteiger partial charge in [-0.15, -0.1) is 0 Å². The van der Waals surface area contributed by atoms with Crippen molar-refractivity contribution in [3.8, 4) is 11.4 Å². The van der Waals surface area contributed by atoms with Gasteiger partial charge in [0.15, 0.2) is 0 Å². The van der Waals surface area contributed by atoms with Crippen molar-refractivity contribution < 1.29 is 4.74 Å². The second kappa shape index (κ2) is 6.72. The highest BCUT2D eigenvalue weighted by Crippen LogP contribution is 2.15. The first-order chi connectivity index (χ1) is 9.63. The molecule has 0 aliphatic heterocycles. The number of nitrogens with zero attached hydrogens (tertiary/aromatic N) is 2. The van der Waals surface area contributed by atoms with Gasteiger partial charge in [0, 0.05) is 12.3 Å². The molecule has 7 heteroatoms. The van der Waals surface area contributed by atoms with Crippen LogP contribution >= 0.6 is 15.9 Å². The number of ether oxygens (including phenoxy) is 1. The van der Waals surface area contributed by atoms with Crippen LogP contribution in [-0.2, 0) is 0 Å². The maximum atomic E-state index is 12.1. The molecule has 2 radical (unpaired) electrons. The van der Waals surface area contributed by atoms with Gasteiger partial charge in [-0.05, 0) is 41.0 Å². The lowest BCUT2D eigenvalue weighted by Crippen LogP contribution is -2.28. The molecule has 0 atom stereocenters. The summed E-state index contributed by atoms with van der Waals surface area (Å²) < 4.78 is 7.10. The minimum absolute atomic E-state index is 0.293. The number of nitrogens with two attached hydrogens (primary N) is 1. The van der Waals surface area contributed by atoms with E-state index in [0.29, 0.717) is 34.5 Å². The van der Waals surface area contributed by atoms with Crippen LogP contribution < -0.4 is 21.5 Å². The van der Waals surface area contributed by atoms with Crippen molar-refractivity contribution in [1.82, 2.24) is 9.78 Å². The maximum absolute atomic E-state index is 12.1. The highest BCUT2D eigenvalue weighted by Gasteiger charge is 2.07. The second-order valence-corrected chi connectivity index (χ2v) is 4.91. The molecule has 1 heterocycles. The molecule has 0 saturated heterocycles. The average molecular weight is 334 g/mol. The molecular formula is C13H13BBrN3O2. The van der Waals surface area contributed by atoms with Crippen molar-refractivity contribution in [2.75, 3.05) is 13.2 Å². The number of halogens is 1. The van der Waals surface area contributed by atoms with Crippen molar-refractivity contribution in [3.05, 3.63) is 45.3 Å². The standard InChI is InChI=1S/C13H13BBrN3O2/c14-11-8-17-18(13(19)12(11)15)9-3-1-4-10(7-9)20-6-2-5-16/h1,3-4,7-8H,2,5-6,16H2. The quantitative estimate of drug-likeness (QED) is 0.639. The second-order valence-electron chi connectivity index (χ2n) is 4.12. The number of hydrogen-bond acceptors (Lipinski definition) is 4. The van der Waals surface area contributed by atoms with Crippen LogP contribution in [0.25, 0.3) is 5.69 Å². The van der Waals surface area contributed by atoms with E-state index >= 15 is 0 Å². The number of hydrogen-bond donors (Lipinski definition) is 1. The Morgan fingerprint density at radius 2 is 2.25 bits per heavy atom. The average Bonchev–Trinajstić information content (AvgIpc) is 2.46. The van der Waals surface area contributed by atoms with E-state index in [2.05, 4.69) is 21.0 Å². The summed E-state index contributed by atoms with van der Waals surface area (Å²) in [7, 11) is 5.62. The Morgan fingerprint density at radius 3 is 3.00 bits per heavy atom. The summed E-state index contributed by atoms with van der Waals surface area (Å²) in [5, 5.41) is 4.02. The Bertz CT molecular complexity index is 660. The third kappa shape index (κ3) is 3.29. The lowest BCUT2D eigenvalue weighted by atomic mass is 10.00. The van der Waals surface area contributed by atoms with Gasteiger partial charge in [0.05, 0.1) is 16.8 Å². The number of aromatic nitrogens is 2. The van der Waals surface area contributed by atoms with E-state index in [1.54, 1.807) is 18.2 Å². The van der Waals surface area contributed by atoms with Crippen LogP contribution in [0.5, 0.6) is 5.75 Å². The van der Waals surface area contributed by atoms with E-state index in [4.69, 9.17) is 18.3 Å². The molecule has 2 N–H and O–H groups in total. The van der Waals surface area contributed by atoms with Crippen LogP contribution in [0.4, 0.5) is 0 Å². The van der Waals surface area contributed by atoms with Gasteiger partial charge in [0.1, 0.15) is 13.6 Å². The van der Waals surface area contributed by atoms with Crippen molar-refractivity contribution in [2.24, 2.45) is 5.73 Å². The third-order valence-corrected chi connectivity index (χ3v) is 3.42. The van der Waals surface area contributed by atoms with Gasteiger partial charge >= 0.3 is 0 Å². The van der Waals surface area contributed by atoms with Gasteiger partial charge in [0.2, 0.25) is 0 Å². The molecule has 5 nitrogen and oxygen atoms in total. The zero-order chi connectivity index (χ0) is 14.5. The van der Waals surface area contributed by atoms with Crippen molar-refractivity contribution in [1.29, 1.82) is 0 Å². The van der Waals surface area contributed by atoms with Crippen molar-refractivity contribution in [3.63, 3.8) is 0 Å². The molecule has 2 rings (SSSR count). The molecular weight excluding hydrogens is 321 g/mol. The molecule has 0 spiro atoms. The van der Waals surface area contributed by atoms with Crippen LogP contribution in [0.3, 0.4) is 0 Å². The third-order valence-electron chi connectivity index (χ3n) is 2.63. The van der Waals surface area contributed by atoms with Crippen LogP contribution in [0.1, 0.15) is 6.42 Å². The summed E-state index contributed by atoms with van der Waals surface area (Å²) in [6.07, 6.45) is 2.20. The molecule has 0 bridgehead atoms. The van der Waals surface area contributed by atoms with Gasteiger partial charge in [-0.25, -0.2) is 0 Å². The van der Waals surface area contributed by atoms with Crippen LogP contribution in [0.15, 0.2) is 39.7 Å². The normalized spacial score (nSPS) is 10.5. The highest BCUT2D eigenvalue weighted by molar-refractivity contribution is 9.10. The van der Waals surface area contributed by atoms with Crippen molar-refractivity contribution in [2.45, 2.75) is 6.42 Å². The van der Waals surface area contributed by atoms with E-state index in [0.717, 1.165) is 6.42 Å². The van der Waals surface area contributed by atoms with Gasteiger partial charge in [0.25, 0.3) is 5.56 Å². The fraction of sp³-hybridized carbons (Fsp3) is 0.231. The molecule has 0 aliphatic carbocycles. The van der Waals surface area contributed by atoms with E-state index in [9.17, 15) is 4.79 Å². The molecule has 102 valence electrons. The lowest BCUT2D eigenvalue weighted by Gasteiger charge is -2.09. The van der Waals surface area contributed by atoms with Gasteiger partial charge in [-0.3, -0.25) is 4.79 Å². The first-order valence-electron chi connectivity index (χ1n) is 6.10. The fourth-order valence-corrected chi connectivity index (χ4v) is 1.88. The molecule has 0 fully saturated rings. The van der Waals surface area contributed by atoms with Crippen LogP contribution in [-0.4, -0.2) is 30.8 Å². The fourth-order valence-electron chi connectivity index (χ4n) is 1.61. The SMILES string of the molecule is [B]c1cnn(-c2cccc(OCCCN)c2)c(=O)c1Br. The minimum atomic E-state index is -0.316. The monoisotopic (exact) mass is 333 g/mol. The molecule has 20 heavy (non-hydrogen) atoms. The Balaban J connectivity index is 2.32. The minimum Gasteiger partial charge on any atom is -0.493 e. The summed E-state index contributed by atoms with van der Waals surface area (Å²) in [5.74, 6) is 0.664. The Labute approximate surface area is 126 Å². The first-order valence-corrected chi connectivity index (χ1v) is 6.89. The summed E-state index contributed by atoms with van der Waals surface area (Å²) >= 11 is 3.15. The van der Waals surface area contributed by atoms with Crippen molar-refractivity contribution >= 4 is 29.2 Å². The zero-order valence-electron chi connectivity index (χ0n) is 10.8. The first kappa shape index (κ1) is 14.8. The molecule has 0 aliphatic rings. The van der Waals surface area contributed by atoms with E-state index in [1.807, 2.05) is 6.07 Å².